The third-order valence-electron chi connectivity index (χ3n) is 6.24. The quantitative estimate of drug-likeness (QED) is 0.508. The Hall–Kier alpha value is -3.74. The first-order chi connectivity index (χ1) is 16.1. The molecule has 0 radical (unpaired) electrons. The van der Waals surface area contributed by atoms with E-state index in [2.05, 4.69) is 63.4 Å². The fraction of sp³-hybridized carbons (Fsp3) is 0.308. The highest BCUT2D eigenvalue weighted by Gasteiger charge is 2.28. The third kappa shape index (κ3) is 4.58. The lowest BCUT2D eigenvalue weighted by Gasteiger charge is -2.33. The number of rotatable bonds is 5. The van der Waals surface area contributed by atoms with Crippen molar-refractivity contribution in [3.8, 4) is 5.69 Å². The molecule has 4 aromatic rings. The van der Waals surface area contributed by atoms with E-state index in [1.807, 2.05) is 35.1 Å². The highest BCUT2D eigenvalue weighted by molar-refractivity contribution is 5.87. The van der Waals surface area contributed by atoms with Gasteiger partial charge in [0.25, 0.3) is 0 Å². The molecule has 1 atom stereocenters. The Bertz CT molecular complexity index is 1280. The first-order valence-corrected chi connectivity index (χ1v) is 11.4. The highest BCUT2D eigenvalue weighted by Crippen LogP contribution is 2.28. The number of hydrogen-bond acceptors (Lipinski definition) is 5. The van der Waals surface area contributed by atoms with Gasteiger partial charge in [-0.05, 0) is 44.4 Å². The maximum Gasteiger partial charge on any atom is 0.225 e. The summed E-state index contributed by atoms with van der Waals surface area (Å²) < 4.78 is 1.85. The Morgan fingerprint density at radius 1 is 1.09 bits per heavy atom. The smallest absolute Gasteiger partial charge is 0.225 e. The second kappa shape index (κ2) is 9.02. The van der Waals surface area contributed by atoms with E-state index in [0.717, 1.165) is 41.8 Å². The lowest BCUT2D eigenvalue weighted by molar-refractivity contribution is -0.125. The van der Waals surface area contributed by atoms with Gasteiger partial charge in [-0.2, -0.15) is 0 Å². The Kier molecular flexibility index (Phi) is 5.77. The minimum absolute atomic E-state index is 0.0688. The number of carbonyl (C=O) groups is 1. The number of amides is 1. The van der Waals surface area contributed by atoms with Crippen LogP contribution in [0.3, 0.4) is 0 Å². The zero-order valence-corrected chi connectivity index (χ0v) is 19.0. The molecule has 7 nitrogen and oxygen atoms in total. The molecular formula is C26H28N6O. The number of benzene rings is 2. The molecule has 1 unspecified atom stereocenters. The van der Waals surface area contributed by atoms with Crippen LogP contribution in [0.2, 0.25) is 0 Å². The van der Waals surface area contributed by atoms with E-state index >= 15 is 0 Å². The molecule has 2 aromatic carbocycles. The summed E-state index contributed by atoms with van der Waals surface area (Å²) in [7, 11) is 0. The fourth-order valence-corrected chi connectivity index (χ4v) is 4.45. The van der Waals surface area contributed by atoms with Crippen LogP contribution in [0.4, 0.5) is 5.82 Å². The van der Waals surface area contributed by atoms with Crippen LogP contribution in [0.5, 0.6) is 0 Å². The molecular weight excluding hydrogens is 412 g/mol. The molecule has 0 spiro atoms. The number of nitrogens with zero attached hydrogens (tertiary/aromatic N) is 5. The Balaban J connectivity index is 1.33. The third-order valence-corrected chi connectivity index (χ3v) is 6.24. The topological polar surface area (TPSA) is 75.9 Å². The van der Waals surface area contributed by atoms with Gasteiger partial charge in [0.1, 0.15) is 12.1 Å². The predicted octanol–water partition coefficient (Wildman–Crippen LogP) is 3.97. The number of aryl methyl sites for hydroxylation is 2. The summed E-state index contributed by atoms with van der Waals surface area (Å²) in [6.07, 6.45) is 5.37. The van der Waals surface area contributed by atoms with Crippen molar-refractivity contribution in [2.75, 3.05) is 18.0 Å². The van der Waals surface area contributed by atoms with Gasteiger partial charge in [0.05, 0.1) is 17.0 Å². The zero-order chi connectivity index (χ0) is 22.8. The van der Waals surface area contributed by atoms with Crippen molar-refractivity contribution in [2.45, 2.75) is 33.2 Å². The molecule has 0 saturated carbocycles. The molecule has 5 rings (SSSR count). The van der Waals surface area contributed by atoms with Crippen LogP contribution in [0, 0.1) is 19.8 Å². The molecule has 1 fully saturated rings. The molecule has 2 aromatic heterocycles. The molecule has 0 aliphatic carbocycles. The molecule has 0 bridgehead atoms. The number of hydrogen-bond donors (Lipinski definition) is 1. The van der Waals surface area contributed by atoms with Gasteiger partial charge >= 0.3 is 0 Å². The fourth-order valence-electron chi connectivity index (χ4n) is 4.45. The molecule has 1 saturated heterocycles. The number of aromatic nitrogens is 4. The van der Waals surface area contributed by atoms with Crippen LogP contribution in [-0.4, -0.2) is 38.7 Å². The van der Waals surface area contributed by atoms with E-state index in [0.29, 0.717) is 18.7 Å². The molecule has 7 heteroatoms. The van der Waals surface area contributed by atoms with Gasteiger partial charge in [-0.25, -0.2) is 14.6 Å². The van der Waals surface area contributed by atoms with Crippen molar-refractivity contribution in [1.29, 1.82) is 0 Å². The Labute approximate surface area is 193 Å². The van der Waals surface area contributed by atoms with Gasteiger partial charge in [-0.15, -0.1) is 5.10 Å². The molecule has 3 heterocycles. The van der Waals surface area contributed by atoms with Gasteiger partial charge in [0.15, 0.2) is 5.65 Å². The van der Waals surface area contributed by atoms with Crippen LogP contribution in [0.25, 0.3) is 16.7 Å². The Morgan fingerprint density at radius 3 is 2.76 bits per heavy atom. The predicted molar refractivity (Wildman–Crippen MR) is 129 cm³/mol. The SMILES string of the molecule is Cc1ccc(-n2cc3c(N4CCCC(C(=O)NCc5cccc(C)c5)C4)ncnc3n2)cc1. The van der Waals surface area contributed by atoms with Crippen LogP contribution >= 0.6 is 0 Å². The first kappa shape index (κ1) is 21.1. The average Bonchev–Trinajstić information content (AvgIpc) is 3.27. The number of carbonyl (C=O) groups excluding carboxylic acids is 1. The summed E-state index contributed by atoms with van der Waals surface area (Å²) in [6, 6.07) is 16.5. The minimum Gasteiger partial charge on any atom is -0.355 e. The molecule has 168 valence electrons. The van der Waals surface area contributed by atoms with E-state index in [4.69, 9.17) is 0 Å². The summed E-state index contributed by atoms with van der Waals surface area (Å²) >= 11 is 0. The van der Waals surface area contributed by atoms with Crippen molar-refractivity contribution >= 4 is 22.8 Å². The summed E-state index contributed by atoms with van der Waals surface area (Å²) in [6.45, 7) is 6.19. The maximum absolute atomic E-state index is 12.9. The van der Waals surface area contributed by atoms with Crippen molar-refractivity contribution in [3.05, 3.63) is 77.7 Å². The molecule has 1 amide bonds. The Morgan fingerprint density at radius 2 is 1.94 bits per heavy atom. The maximum atomic E-state index is 12.9. The number of nitrogens with one attached hydrogen (secondary N) is 1. The first-order valence-electron chi connectivity index (χ1n) is 11.4. The summed E-state index contributed by atoms with van der Waals surface area (Å²) in [5, 5.41) is 8.67. The number of piperidine rings is 1. The van der Waals surface area contributed by atoms with Crippen LogP contribution in [0.1, 0.15) is 29.5 Å². The molecule has 1 aliphatic rings. The van der Waals surface area contributed by atoms with E-state index in [9.17, 15) is 4.79 Å². The average molecular weight is 441 g/mol. The van der Waals surface area contributed by atoms with Crippen molar-refractivity contribution < 1.29 is 4.79 Å². The van der Waals surface area contributed by atoms with Gasteiger partial charge in [0.2, 0.25) is 5.91 Å². The van der Waals surface area contributed by atoms with Crippen LogP contribution in [-0.2, 0) is 11.3 Å². The summed E-state index contributed by atoms with van der Waals surface area (Å²) in [5.41, 5.74) is 5.17. The molecule has 1 aliphatic heterocycles. The van der Waals surface area contributed by atoms with Crippen molar-refractivity contribution in [3.63, 3.8) is 0 Å². The molecule has 1 N–H and O–H groups in total. The minimum atomic E-state index is -0.0688. The van der Waals surface area contributed by atoms with Crippen LogP contribution in [0.15, 0.2) is 61.1 Å². The van der Waals surface area contributed by atoms with Gasteiger partial charge < -0.3 is 10.2 Å². The van der Waals surface area contributed by atoms with Crippen LogP contribution < -0.4 is 10.2 Å². The lowest BCUT2D eigenvalue weighted by atomic mass is 9.97. The zero-order valence-electron chi connectivity index (χ0n) is 19.0. The standard InChI is InChI=1S/C26H28N6O/c1-18-8-10-22(11-9-18)32-16-23-24(30-32)28-17-29-25(23)31-12-4-7-21(15-31)26(33)27-14-20-6-3-5-19(2)13-20/h3,5-6,8-11,13,16-17,21H,4,7,12,14-15H2,1-2H3,(H,27,33). The summed E-state index contributed by atoms with van der Waals surface area (Å²) in [4.78, 5) is 24.1. The van der Waals surface area contributed by atoms with Gasteiger partial charge in [-0.1, -0.05) is 47.5 Å². The lowest BCUT2D eigenvalue weighted by Crippen LogP contribution is -2.43. The second-order valence-corrected chi connectivity index (χ2v) is 8.84. The van der Waals surface area contributed by atoms with Gasteiger partial charge in [0, 0.05) is 25.8 Å². The monoisotopic (exact) mass is 440 g/mol. The number of fused-ring (bicyclic) bond motifs is 1. The summed E-state index contributed by atoms with van der Waals surface area (Å²) in [5.74, 6) is 0.872. The van der Waals surface area contributed by atoms with E-state index in [-0.39, 0.29) is 11.8 Å². The highest BCUT2D eigenvalue weighted by atomic mass is 16.1. The van der Waals surface area contributed by atoms with E-state index in [1.54, 1.807) is 6.33 Å². The normalized spacial score (nSPS) is 16.2. The second-order valence-electron chi connectivity index (χ2n) is 8.84. The van der Waals surface area contributed by atoms with E-state index < -0.39 is 0 Å². The van der Waals surface area contributed by atoms with Crippen molar-refractivity contribution in [2.24, 2.45) is 5.92 Å². The molecule has 33 heavy (non-hydrogen) atoms. The van der Waals surface area contributed by atoms with Gasteiger partial charge in [-0.3, -0.25) is 4.79 Å². The largest absolute Gasteiger partial charge is 0.355 e. The van der Waals surface area contributed by atoms with Crippen molar-refractivity contribution in [1.82, 2.24) is 25.1 Å². The number of anilines is 1. The van der Waals surface area contributed by atoms with E-state index in [1.165, 1.54) is 11.1 Å².